The number of fused-ring (bicyclic) bond motifs is 1. The fourth-order valence-corrected chi connectivity index (χ4v) is 3.43. The summed E-state index contributed by atoms with van der Waals surface area (Å²) in [6, 6.07) is 12.4. The summed E-state index contributed by atoms with van der Waals surface area (Å²) in [5.74, 6) is 0.568. The van der Waals surface area contributed by atoms with Crippen molar-refractivity contribution in [2.24, 2.45) is 0 Å². The highest BCUT2D eigenvalue weighted by atomic mass is 19.1. The number of carbonyl (C=O) groups is 1. The number of aryl methyl sites for hydroxylation is 1. The lowest BCUT2D eigenvalue weighted by Gasteiger charge is -2.12. The standard InChI is InChI=1S/C22H20FN5O2/c1-14(29)26-21-11-6-15(12-24-21)17-9-7-16(28-13-25-27-22(17)28)8-10-18-19(23)4-3-5-20(18)30-2/h3-7,9,11-13H,8,10H2,1-2H3,(H,24,26,29). The molecule has 30 heavy (non-hydrogen) atoms. The first kappa shape index (κ1) is 19.5. The Balaban J connectivity index is 1.63. The summed E-state index contributed by atoms with van der Waals surface area (Å²) in [5.41, 5.74) is 3.89. The van der Waals surface area contributed by atoms with Gasteiger partial charge in [0, 0.05) is 35.5 Å². The van der Waals surface area contributed by atoms with Gasteiger partial charge in [0.2, 0.25) is 5.91 Å². The van der Waals surface area contributed by atoms with Crippen molar-refractivity contribution in [3.05, 3.63) is 72.1 Å². The maximum Gasteiger partial charge on any atom is 0.222 e. The molecular formula is C22H20FN5O2. The molecule has 0 aliphatic heterocycles. The molecule has 7 nitrogen and oxygen atoms in total. The predicted octanol–water partition coefficient (Wildman–Crippen LogP) is 3.68. The van der Waals surface area contributed by atoms with Crippen molar-refractivity contribution < 1.29 is 13.9 Å². The molecule has 0 atom stereocenters. The van der Waals surface area contributed by atoms with Gasteiger partial charge in [-0.1, -0.05) is 6.07 Å². The van der Waals surface area contributed by atoms with Gasteiger partial charge in [0.1, 0.15) is 23.7 Å². The molecule has 0 aliphatic carbocycles. The van der Waals surface area contributed by atoms with Crippen LogP contribution in [0.2, 0.25) is 0 Å². The summed E-state index contributed by atoms with van der Waals surface area (Å²) < 4.78 is 21.4. The van der Waals surface area contributed by atoms with Gasteiger partial charge in [-0.05, 0) is 49.2 Å². The first-order valence-corrected chi connectivity index (χ1v) is 9.44. The highest BCUT2D eigenvalue weighted by molar-refractivity contribution is 5.88. The van der Waals surface area contributed by atoms with E-state index in [0.29, 0.717) is 35.6 Å². The maximum atomic E-state index is 14.2. The Kier molecular flexibility index (Phi) is 5.38. The van der Waals surface area contributed by atoms with Crippen molar-refractivity contribution in [1.29, 1.82) is 0 Å². The highest BCUT2D eigenvalue weighted by Gasteiger charge is 2.13. The van der Waals surface area contributed by atoms with E-state index in [2.05, 4.69) is 20.5 Å². The van der Waals surface area contributed by atoms with Gasteiger partial charge in [0.05, 0.1) is 7.11 Å². The summed E-state index contributed by atoms with van der Waals surface area (Å²) >= 11 is 0. The van der Waals surface area contributed by atoms with Crippen LogP contribution in [0.5, 0.6) is 5.75 Å². The van der Waals surface area contributed by atoms with Crippen molar-refractivity contribution in [2.75, 3.05) is 12.4 Å². The third-order valence-corrected chi connectivity index (χ3v) is 4.85. The molecule has 1 amide bonds. The summed E-state index contributed by atoms with van der Waals surface area (Å²) in [4.78, 5) is 15.4. The molecule has 0 aliphatic rings. The van der Waals surface area contributed by atoms with Crippen molar-refractivity contribution in [3.63, 3.8) is 0 Å². The van der Waals surface area contributed by atoms with E-state index in [0.717, 1.165) is 16.8 Å². The molecule has 1 aromatic carbocycles. The number of ether oxygens (including phenoxy) is 1. The maximum absolute atomic E-state index is 14.2. The van der Waals surface area contributed by atoms with E-state index < -0.39 is 0 Å². The molecule has 8 heteroatoms. The topological polar surface area (TPSA) is 81.4 Å². The van der Waals surface area contributed by atoms with Gasteiger partial charge in [0.25, 0.3) is 0 Å². The minimum atomic E-state index is -0.281. The molecule has 0 unspecified atom stereocenters. The number of benzene rings is 1. The number of hydrogen-bond donors (Lipinski definition) is 1. The third-order valence-electron chi connectivity index (χ3n) is 4.85. The lowest BCUT2D eigenvalue weighted by molar-refractivity contribution is -0.114. The van der Waals surface area contributed by atoms with Gasteiger partial charge >= 0.3 is 0 Å². The number of nitrogens with zero attached hydrogens (tertiary/aromatic N) is 4. The summed E-state index contributed by atoms with van der Waals surface area (Å²) in [7, 11) is 1.54. The van der Waals surface area contributed by atoms with Gasteiger partial charge < -0.3 is 10.1 Å². The molecular weight excluding hydrogens is 385 g/mol. The van der Waals surface area contributed by atoms with E-state index in [4.69, 9.17) is 4.74 Å². The van der Waals surface area contributed by atoms with Crippen LogP contribution in [0.15, 0.2) is 55.0 Å². The Morgan fingerprint density at radius 3 is 2.77 bits per heavy atom. The number of rotatable bonds is 6. The van der Waals surface area contributed by atoms with E-state index in [9.17, 15) is 9.18 Å². The third kappa shape index (κ3) is 3.84. The predicted molar refractivity (Wildman–Crippen MR) is 111 cm³/mol. The van der Waals surface area contributed by atoms with Crippen LogP contribution in [0.3, 0.4) is 0 Å². The molecule has 3 heterocycles. The Morgan fingerprint density at radius 2 is 2.03 bits per heavy atom. The number of hydrogen-bond acceptors (Lipinski definition) is 5. The second-order valence-corrected chi connectivity index (χ2v) is 6.80. The van der Waals surface area contributed by atoms with Crippen LogP contribution in [0.1, 0.15) is 18.2 Å². The molecule has 0 bridgehead atoms. The Morgan fingerprint density at radius 1 is 1.17 bits per heavy atom. The van der Waals surface area contributed by atoms with Gasteiger partial charge in [-0.25, -0.2) is 9.37 Å². The van der Waals surface area contributed by atoms with E-state index in [1.165, 1.54) is 20.1 Å². The molecule has 0 spiro atoms. The van der Waals surface area contributed by atoms with E-state index in [1.807, 2.05) is 22.6 Å². The number of anilines is 1. The molecule has 3 aromatic heterocycles. The van der Waals surface area contributed by atoms with Crippen LogP contribution < -0.4 is 10.1 Å². The van der Waals surface area contributed by atoms with E-state index >= 15 is 0 Å². The van der Waals surface area contributed by atoms with E-state index in [1.54, 1.807) is 30.7 Å². The second kappa shape index (κ2) is 8.28. The fourth-order valence-electron chi connectivity index (χ4n) is 3.43. The average molecular weight is 405 g/mol. The van der Waals surface area contributed by atoms with Gasteiger partial charge in [-0.15, -0.1) is 10.2 Å². The number of methoxy groups -OCH3 is 1. The Labute approximate surface area is 172 Å². The molecule has 0 fully saturated rings. The minimum Gasteiger partial charge on any atom is -0.496 e. The molecule has 0 saturated carbocycles. The minimum absolute atomic E-state index is 0.175. The van der Waals surface area contributed by atoms with Crippen molar-refractivity contribution in [3.8, 4) is 16.9 Å². The van der Waals surface area contributed by atoms with Crippen molar-refractivity contribution >= 4 is 17.4 Å². The number of carbonyl (C=O) groups excluding carboxylic acids is 1. The quantitative estimate of drug-likeness (QED) is 0.529. The average Bonchev–Trinajstić information content (AvgIpc) is 3.23. The van der Waals surface area contributed by atoms with Crippen LogP contribution in [-0.4, -0.2) is 32.6 Å². The smallest absolute Gasteiger partial charge is 0.222 e. The molecule has 1 N–H and O–H groups in total. The molecule has 0 radical (unpaired) electrons. The zero-order valence-corrected chi connectivity index (χ0v) is 16.6. The van der Waals surface area contributed by atoms with Crippen LogP contribution in [-0.2, 0) is 17.6 Å². The van der Waals surface area contributed by atoms with Crippen molar-refractivity contribution in [2.45, 2.75) is 19.8 Å². The number of amides is 1. The molecule has 0 saturated heterocycles. The van der Waals surface area contributed by atoms with Gasteiger partial charge in [-0.2, -0.15) is 0 Å². The Bertz CT molecular complexity index is 1200. The van der Waals surface area contributed by atoms with Crippen LogP contribution in [0, 0.1) is 5.82 Å². The monoisotopic (exact) mass is 405 g/mol. The van der Waals surface area contributed by atoms with Crippen LogP contribution >= 0.6 is 0 Å². The lowest BCUT2D eigenvalue weighted by atomic mass is 10.0. The number of nitrogens with one attached hydrogen (secondary N) is 1. The van der Waals surface area contributed by atoms with Gasteiger partial charge in [0.15, 0.2) is 5.65 Å². The first-order chi connectivity index (χ1) is 14.6. The largest absolute Gasteiger partial charge is 0.496 e. The second-order valence-electron chi connectivity index (χ2n) is 6.80. The van der Waals surface area contributed by atoms with Crippen LogP contribution in [0.25, 0.3) is 16.8 Å². The van der Waals surface area contributed by atoms with Gasteiger partial charge in [-0.3, -0.25) is 9.20 Å². The zero-order chi connectivity index (χ0) is 21.1. The lowest BCUT2D eigenvalue weighted by Crippen LogP contribution is -2.07. The van der Waals surface area contributed by atoms with Crippen LogP contribution in [0.4, 0.5) is 10.2 Å². The molecule has 4 aromatic rings. The first-order valence-electron chi connectivity index (χ1n) is 9.44. The summed E-state index contributed by atoms with van der Waals surface area (Å²) in [6.45, 7) is 1.44. The Hall–Kier alpha value is -3.81. The number of halogens is 1. The van der Waals surface area contributed by atoms with Crippen molar-refractivity contribution in [1.82, 2.24) is 19.6 Å². The normalized spacial score (nSPS) is 10.9. The fraction of sp³-hybridized carbons (Fsp3) is 0.182. The highest BCUT2D eigenvalue weighted by Crippen LogP contribution is 2.27. The number of aromatic nitrogens is 4. The van der Waals surface area contributed by atoms with E-state index in [-0.39, 0.29) is 11.7 Å². The zero-order valence-electron chi connectivity index (χ0n) is 16.6. The SMILES string of the molecule is COc1cccc(F)c1CCc1ccc(-c2ccc(NC(C)=O)nc2)c2nncn12. The number of pyridine rings is 2. The molecule has 4 rings (SSSR count). The molecule has 152 valence electrons. The summed E-state index contributed by atoms with van der Waals surface area (Å²) in [5, 5.41) is 10.9. The summed E-state index contributed by atoms with van der Waals surface area (Å²) in [6.07, 6.45) is 4.40.